The van der Waals surface area contributed by atoms with Crippen molar-refractivity contribution < 1.29 is 24.9 Å². The molecule has 0 atom stereocenters. The summed E-state index contributed by atoms with van der Waals surface area (Å²) in [4.78, 5) is 22.4. The monoisotopic (exact) mass is 273 g/mol. The zero-order chi connectivity index (χ0) is 13.7. The van der Waals surface area contributed by atoms with Crippen molar-refractivity contribution >= 4 is 23.5 Å². The van der Waals surface area contributed by atoms with Crippen LogP contribution in [0.25, 0.3) is 0 Å². The largest absolute Gasteiger partial charge is 0.508 e. The van der Waals surface area contributed by atoms with Crippen molar-refractivity contribution in [3.63, 3.8) is 0 Å². The molecule has 6 nitrogen and oxygen atoms in total. The molecule has 0 amide bonds. The summed E-state index contributed by atoms with van der Waals surface area (Å²) in [6.45, 7) is -0.874. The highest BCUT2D eigenvalue weighted by atomic mass is 35.5. The molecule has 0 spiro atoms. The number of phenolic OH excluding ortho intramolecular Hbond substituents is 1. The number of phenols is 1. The van der Waals surface area contributed by atoms with Gasteiger partial charge in [0.2, 0.25) is 0 Å². The molecule has 3 N–H and O–H groups in total. The number of rotatable bonds is 6. The summed E-state index contributed by atoms with van der Waals surface area (Å²) in [6.07, 6.45) is 0. The Labute approximate surface area is 108 Å². The van der Waals surface area contributed by atoms with Gasteiger partial charge < -0.3 is 15.3 Å². The van der Waals surface area contributed by atoms with E-state index in [1.165, 1.54) is 23.1 Å². The molecule has 0 aromatic heterocycles. The Morgan fingerprint density at radius 2 is 1.72 bits per heavy atom. The maximum absolute atomic E-state index is 10.6. The molecular formula is C11H12ClNO5. The van der Waals surface area contributed by atoms with E-state index in [1.807, 2.05) is 0 Å². The maximum Gasteiger partial charge on any atom is 0.317 e. The van der Waals surface area contributed by atoms with Crippen molar-refractivity contribution in [2.75, 3.05) is 13.1 Å². The predicted octanol–water partition coefficient (Wildman–Crippen LogP) is 1.02. The van der Waals surface area contributed by atoms with Gasteiger partial charge in [-0.2, -0.15) is 0 Å². The van der Waals surface area contributed by atoms with Crippen molar-refractivity contribution in [2.24, 2.45) is 0 Å². The minimum absolute atomic E-state index is 0.00894. The lowest BCUT2D eigenvalue weighted by Crippen LogP contribution is -2.33. The summed E-state index contributed by atoms with van der Waals surface area (Å²) < 4.78 is 0. The van der Waals surface area contributed by atoms with Crippen LogP contribution in [0.2, 0.25) is 5.02 Å². The van der Waals surface area contributed by atoms with E-state index >= 15 is 0 Å². The number of nitrogens with zero attached hydrogens (tertiary/aromatic N) is 1. The Bertz CT molecular complexity index is 447. The zero-order valence-electron chi connectivity index (χ0n) is 9.34. The number of halogens is 1. The highest BCUT2D eigenvalue weighted by molar-refractivity contribution is 6.30. The molecule has 0 unspecified atom stereocenters. The zero-order valence-corrected chi connectivity index (χ0v) is 10.1. The third-order valence-corrected chi connectivity index (χ3v) is 2.39. The average Bonchev–Trinajstić information content (AvgIpc) is 2.21. The summed E-state index contributed by atoms with van der Waals surface area (Å²) in [5, 5.41) is 27.3. The minimum atomic E-state index is -1.14. The fourth-order valence-corrected chi connectivity index (χ4v) is 1.67. The smallest absolute Gasteiger partial charge is 0.317 e. The van der Waals surface area contributed by atoms with E-state index in [9.17, 15) is 14.7 Å². The molecule has 1 aromatic rings. The molecule has 0 aliphatic heterocycles. The quantitative estimate of drug-likeness (QED) is 0.716. The van der Waals surface area contributed by atoms with Gasteiger partial charge >= 0.3 is 11.9 Å². The normalized spacial score (nSPS) is 10.6. The fourth-order valence-electron chi connectivity index (χ4n) is 1.47. The van der Waals surface area contributed by atoms with Crippen LogP contribution in [0.4, 0.5) is 0 Å². The first-order chi connectivity index (χ1) is 8.38. The van der Waals surface area contributed by atoms with Gasteiger partial charge in [-0.3, -0.25) is 14.5 Å². The molecule has 98 valence electrons. The molecule has 0 radical (unpaired) electrons. The lowest BCUT2D eigenvalue weighted by molar-refractivity contribution is -0.142. The van der Waals surface area contributed by atoms with Crippen molar-refractivity contribution in [1.29, 1.82) is 0 Å². The minimum Gasteiger partial charge on any atom is -0.508 e. The maximum atomic E-state index is 10.6. The van der Waals surface area contributed by atoms with Crippen molar-refractivity contribution in [3.8, 4) is 5.75 Å². The second-order valence-corrected chi connectivity index (χ2v) is 4.14. The van der Waals surface area contributed by atoms with Gasteiger partial charge in [0.25, 0.3) is 0 Å². The lowest BCUT2D eigenvalue weighted by atomic mass is 10.2. The Morgan fingerprint density at radius 1 is 1.17 bits per heavy atom. The molecule has 0 heterocycles. The molecule has 0 saturated carbocycles. The number of aliphatic carboxylic acids is 2. The number of aromatic hydroxyl groups is 1. The van der Waals surface area contributed by atoms with Gasteiger partial charge in [0, 0.05) is 17.1 Å². The van der Waals surface area contributed by atoms with Gasteiger partial charge in [0.05, 0.1) is 13.1 Å². The first kappa shape index (κ1) is 14.3. The highest BCUT2D eigenvalue weighted by Gasteiger charge is 2.15. The fraction of sp³-hybridized carbons (Fsp3) is 0.273. The van der Waals surface area contributed by atoms with E-state index < -0.39 is 25.0 Å². The van der Waals surface area contributed by atoms with E-state index in [-0.39, 0.29) is 12.3 Å². The summed E-state index contributed by atoms with van der Waals surface area (Å²) >= 11 is 5.75. The number of benzene rings is 1. The molecule has 0 bridgehead atoms. The summed E-state index contributed by atoms with van der Waals surface area (Å²) in [6, 6.07) is 4.32. The van der Waals surface area contributed by atoms with E-state index in [2.05, 4.69) is 0 Å². The molecule has 1 aromatic carbocycles. The van der Waals surface area contributed by atoms with Crippen molar-refractivity contribution in [3.05, 3.63) is 28.8 Å². The van der Waals surface area contributed by atoms with Crippen molar-refractivity contribution in [1.82, 2.24) is 4.90 Å². The topological polar surface area (TPSA) is 98.1 Å². The average molecular weight is 274 g/mol. The Morgan fingerprint density at radius 3 is 2.22 bits per heavy atom. The highest BCUT2D eigenvalue weighted by Crippen LogP contribution is 2.22. The Balaban J connectivity index is 2.84. The van der Waals surface area contributed by atoms with Gasteiger partial charge in [0.15, 0.2) is 0 Å². The van der Waals surface area contributed by atoms with Crippen LogP contribution in [-0.4, -0.2) is 45.2 Å². The molecular weight excluding hydrogens is 262 g/mol. The summed E-state index contributed by atoms with van der Waals surface area (Å²) in [5.74, 6) is -2.34. The third kappa shape index (κ3) is 4.60. The molecule has 1 rings (SSSR count). The standard InChI is InChI=1S/C11H12ClNO5/c12-8-1-2-9(14)7(3-8)4-13(5-10(15)16)6-11(17)18/h1-3,14H,4-6H2,(H,15,16)(H,17,18). The van der Waals surface area contributed by atoms with Gasteiger partial charge in [-0.25, -0.2) is 0 Å². The number of carbonyl (C=O) groups is 2. The summed E-state index contributed by atoms with van der Waals surface area (Å²) in [5.41, 5.74) is 0.380. The van der Waals surface area contributed by atoms with Crippen LogP contribution in [0.15, 0.2) is 18.2 Å². The second kappa shape index (κ2) is 6.23. The van der Waals surface area contributed by atoms with E-state index in [0.717, 1.165) is 0 Å². The predicted molar refractivity (Wildman–Crippen MR) is 63.7 cm³/mol. The van der Waals surface area contributed by atoms with Crippen LogP contribution in [0.5, 0.6) is 5.75 Å². The van der Waals surface area contributed by atoms with Crippen LogP contribution >= 0.6 is 11.6 Å². The number of carboxylic acid groups (broad SMARTS) is 2. The molecule has 18 heavy (non-hydrogen) atoms. The lowest BCUT2D eigenvalue weighted by Gasteiger charge is -2.18. The number of hydrogen-bond donors (Lipinski definition) is 3. The van der Waals surface area contributed by atoms with Crippen LogP contribution in [-0.2, 0) is 16.1 Å². The van der Waals surface area contributed by atoms with Gasteiger partial charge in [-0.15, -0.1) is 0 Å². The van der Waals surface area contributed by atoms with Crippen LogP contribution < -0.4 is 0 Å². The van der Waals surface area contributed by atoms with Crippen LogP contribution in [0.3, 0.4) is 0 Å². The molecule has 0 aliphatic carbocycles. The van der Waals surface area contributed by atoms with Gasteiger partial charge in [-0.05, 0) is 18.2 Å². The van der Waals surface area contributed by atoms with E-state index in [4.69, 9.17) is 21.8 Å². The number of hydrogen-bond acceptors (Lipinski definition) is 4. The first-order valence-electron chi connectivity index (χ1n) is 5.02. The summed E-state index contributed by atoms with van der Waals surface area (Å²) in [7, 11) is 0. The SMILES string of the molecule is O=C(O)CN(CC(=O)O)Cc1cc(Cl)ccc1O. The van der Waals surface area contributed by atoms with Crippen molar-refractivity contribution in [2.45, 2.75) is 6.54 Å². The molecule has 0 fully saturated rings. The third-order valence-electron chi connectivity index (χ3n) is 2.15. The molecule has 7 heteroatoms. The van der Waals surface area contributed by atoms with Crippen LogP contribution in [0.1, 0.15) is 5.56 Å². The Kier molecular flexibility index (Phi) is 4.94. The van der Waals surface area contributed by atoms with E-state index in [1.54, 1.807) is 0 Å². The first-order valence-corrected chi connectivity index (χ1v) is 5.39. The number of carboxylic acids is 2. The second-order valence-electron chi connectivity index (χ2n) is 3.71. The molecule has 0 saturated heterocycles. The van der Waals surface area contributed by atoms with Gasteiger partial charge in [0.1, 0.15) is 5.75 Å². The Hall–Kier alpha value is -1.79. The molecule has 0 aliphatic rings. The van der Waals surface area contributed by atoms with Crippen LogP contribution in [0, 0.1) is 0 Å². The van der Waals surface area contributed by atoms with Gasteiger partial charge in [-0.1, -0.05) is 11.6 Å². The van der Waals surface area contributed by atoms with E-state index in [0.29, 0.717) is 10.6 Å².